The Morgan fingerprint density at radius 3 is 2.22 bits per heavy atom. The highest BCUT2D eigenvalue weighted by atomic mass is 16.5. The van der Waals surface area contributed by atoms with Gasteiger partial charge in [0, 0.05) is 6.54 Å². The first-order chi connectivity index (χ1) is 13.3. The Kier molecular flexibility index (Phi) is 6.61. The minimum atomic E-state index is -0.471. The standard InChI is InChI=1S/C23H24N2O2/c1-2-27-21-16-10-9-15-20(21)25-23(26)22(19-13-7-4-8-14-19)24-17-18-11-5-3-6-12-18/h3-16,22,24H,2,17H2,1H3,(H,25,26)/t22-/m0/s1. The molecule has 2 N–H and O–H groups in total. The predicted molar refractivity (Wildman–Crippen MR) is 109 cm³/mol. The van der Waals surface area contributed by atoms with Crippen LogP contribution < -0.4 is 15.4 Å². The molecule has 4 nitrogen and oxygen atoms in total. The lowest BCUT2D eigenvalue weighted by Crippen LogP contribution is -2.32. The van der Waals surface area contributed by atoms with E-state index in [4.69, 9.17) is 4.74 Å². The molecule has 0 aromatic heterocycles. The summed E-state index contributed by atoms with van der Waals surface area (Å²) in [5, 5.41) is 6.37. The molecule has 0 aliphatic heterocycles. The molecule has 0 aliphatic carbocycles. The third-order valence-electron chi connectivity index (χ3n) is 4.19. The van der Waals surface area contributed by atoms with Crippen LogP contribution in [0.5, 0.6) is 5.75 Å². The van der Waals surface area contributed by atoms with Crippen molar-refractivity contribution in [1.29, 1.82) is 0 Å². The topological polar surface area (TPSA) is 50.4 Å². The molecule has 27 heavy (non-hydrogen) atoms. The van der Waals surface area contributed by atoms with Crippen LogP contribution >= 0.6 is 0 Å². The molecule has 0 saturated carbocycles. The van der Waals surface area contributed by atoms with Crippen molar-refractivity contribution in [2.75, 3.05) is 11.9 Å². The fourth-order valence-electron chi connectivity index (χ4n) is 2.88. The van der Waals surface area contributed by atoms with Gasteiger partial charge in [-0.1, -0.05) is 72.8 Å². The summed E-state index contributed by atoms with van der Waals surface area (Å²) >= 11 is 0. The number of benzene rings is 3. The van der Waals surface area contributed by atoms with Gasteiger partial charge in [0.1, 0.15) is 11.8 Å². The molecule has 0 bridgehead atoms. The van der Waals surface area contributed by atoms with Crippen LogP contribution in [-0.2, 0) is 11.3 Å². The second-order valence-electron chi connectivity index (χ2n) is 6.13. The van der Waals surface area contributed by atoms with E-state index < -0.39 is 6.04 Å². The number of rotatable bonds is 8. The van der Waals surface area contributed by atoms with E-state index in [1.54, 1.807) is 0 Å². The number of hydrogen-bond acceptors (Lipinski definition) is 3. The normalized spacial score (nSPS) is 11.6. The zero-order chi connectivity index (χ0) is 18.9. The summed E-state index contributed by atoms with van der Waals surface area (Å²) in [6, 6.07) is 26.8. The van der Waals surface area contributed by atoms with E-state index in [0.29, 0.717) is 24.6 Å². The second-order valence-corrected chi connectivity index (χ2v) is 6.13. The van der Waals surface area contributed by atoms with Gasteiger partial charge >= 0.3 is 0 Å². The quantitative estimate of drug-likeness (QED) is 0.619. The van der Waals surface area contributed by atoms with Crippen LogP contribution in [-0.4, -0.2) is 12.5 Å². The summed E-state index contributed by atoms with van der Waals surface area (Å²) < 4.78 is 5.62. The summed E-state index contributed by atoms with van der Waals surface area (Å²) in [5.74, 6) is 0.549. The predicted octanol–water partition coefficient (Wildman–Crippen LogP) is 4.55. The van der Waals surface area contributed by atoms with Gasteiger partial charge < -0.3 is 10.1 Å². The zero-order valence-electron chi connectivity index (χ0n) is 15.4. The smallest absolute Gasteiger partial charge is 0.246 e. The number of hydrogen-bond donors (Lipinski definition) is 2. The van der Waals surface area contributed by atoms with Gasteiger partial charge in [-0.25, -0.2) is 0 Å². The van der Waals surface area contributed by atoms with Crippen LogP contribution in [0.25, 0.3) is 0 Å². The van der Waals surface area contributed by atoms with E-state index >= 15 is 0 Å². The molecule has 138 valence electrons. The Balaban J connectivity index is 1.79. The van der Waals surface area contributed by atoms with Crippen molar-refractivity contribution >= 4 is 11.6 Å². The van der Waals surface area contributed by atoms with Crippen molar-refractivity contribution in [3.63, 3.8) is 0 Å². The van der Waals surface area contributed by atoms with Crippen LogP contribution in [0.1, 0.15) is 24.1 Å². The number of amides is 1. The largest absolute Gasteiger partial charge is 0.492 e. The Labute approximate surface area is 160 Å². The lowest BCUT2D eigenvalue weighted by Gasteiger charge is -2.20. The molecule has 0 heterocycles. The second kappa shape index (κ2) is 9.55. The summed E-state index contributed by atoms with van der Waals surface area (Å²) in [4.78, 5) is 13.1. The lowest BCUT2D eigenvalue weighted by molar-refractivity contribution is -0.118. The minimum Gasteiger partial charge on any atom is -0.492 e. The highest BCUT2D eigenvalue weighted by molar-refractivity contribution is 5.96. The Bertz CT molecular complexity index is 851. The molecule has 0 radical (unpaired) electrons. The third-order valence-corrected chi connectivity index (χ3v) is 4.19. The van der Waals surface area contributed by atoms with Gasteiger partial charge in [0.2, 0.25) is 5.91 Å². The van der Waals surface area contributed by atoms with E-state index in [2.05, 4.69) is 10.6 Å². The molecule has 0 aliphatic rings. The molecular weight excluding hydrogens is 336 g/mol. The number of carbonyl (C=O) groups excluding carboxylic acids is 1. The van der Waals surface area contributed by atoms with Gasteiger partial charge in [0.05, 0.1) is 12.3 Å². The van der Waals surface area contributed by atoms with E-state index in [1.165, 1.54) is 0 Å². The molecule has 1 atom stereocenters. The molecule has 0 unspecified atom stereocenters. The molecular formula is C23H24N2O2. The third kappa shape index (κ3) is 5.19. The Hall–Kier alpha value is -3.11. The van der Waals surface area contributed by atoms with Crippen molar-refractivity contribution in [1.82, 2.24) is 5.32 Å². The molecule has 0 spiro atoms. The zero-order valence-corrected chi connectivity index (χ0v) is 15.4. The number of anilines is 1. The van der Waals surface area contributed by atoms with Crippen LogP contribution in [0, 0.1) is 0 Å². The maximum absolute atomic E-state index is 13.1. The first-order valence-electron chi connectivity index (χ1n) is 9.13. The summed E-state index contributed by atoms with van der Waals surface area (Å²) in [5.41, 5.74) is 2.72. The Morgan fingerprint density at radius 2 is 1.52 bits per heavy atom. The van der Waals surface area contributed by atoms with Gasteiger partial charge in [0.15, 0.2) is 0 Å². The summed E-state index contributed by atoms with van der Waals surface area (Å²) in [7, 11) is 0. The maximum Gasteiger partial charge on any atom is 0.246 e. The van der Waals surface area contributed by atoms with Crippen molar-refractivity contribution < 1.29 is 9.53 Å². The average Bonchev–Trinajstić information content (AvgIpc) is 2.71. The lowest BCUT2D eigenvalue weighted by atomic mass is 10.1. The molecule has 0 fully saturated rings. The SMILES string of the molecule is CCOc1ccccc1NC(=O)[C@@H](NCc1ccccc1)c1ccccc1. The van der Waals surface area contributed by atoms with Gasteiger partial charge in [-0.05, 0) is 30.2 Å². The van der Waals surface area contributed by atoms with E-state index in [9.17, 15) is 4.79 Å². The first-order valence-corrected chi connectivity index (χ1v) is 9.13. The van der Waals surface area contributed by atoms with Gasteiger partial charge in [-0.2, -0.15) is 0 Å². The van der Waals surface area contributed by atoms with E-state index in [0.717, 1.165) is 11.1 Å². The van der Waals surface area contributed by atoms with E-state index in [-0.39, 0.29) is 5.91 Å². The molecule has 0 saturated heterocycles. The van der Waals surface area contributed by atoms with E-state index in [1.807, 2.05) is 91.9 Å². The number of nitrogens with one attached hydrogen (secondary N) is 2. The molecule has 3 rings (SSSR count). The number of carbonyl (C=O) groups is 1. The Morgan fingerprint density at radius 1 is 0.889 bits per heavy atom. The average molecular weight is 360 g/mol. The summed E-state index contributed by atoms with van der Waals surface area (Å²) in [6.45, 7) is 3.06. The van der Waals surface area contributed by atoms with Crippen LogP contribution in [0.3, 0.4) is 0 Å². The van der Waals surface area contributed by atoms with Crippen molar-refractivity contribution in [2.24, 2.45) is 0 Å². The monoisotopic (exact) mass is 360 g/mol. The maximum atomic E-state index is 13.1. The van der Waals surface area contributed by atoms with Crippen molar-refractivity contribution in [3.05, 3.63) is 96.1 Å². The fourth-order valence-corrected chi connectivity index (χ4v) is 2.88. The van der Waals surface area contributed by atoms with Crippen LogP contribution in [0.4, 0.5) is 5.69 Å². The highest BCUT2D eigenvalue weighted by Crippen LogP contribution is 2.25. The highest BCUT2D eigenvalue weighted by Gasteiger charge is 2.21. The van der Waals surface area contributed by atoms with Crippen molar-refractivity contribution in [2.45, 2.75) is 19.5 Å². The molecule has 3 aromatic rings. The fraction of sp³-hybridized carbons (Fsp3) is 0.174. The first kappa shape index (κ1) is 18.7. The molecule has 1 amide bonds. The number of ether oxygens (including phenoxy) is 1. The number of para-hydroxylation sites is 2. The van der Waals surface area contributed by atoms with Crippen LogP contribution in [0.2, 0.25) is 0 Å². The minimum absolute atomic E-state index is 0.121. The van der Waals surface area contributed by atoms with Gasteiger partial charge in [-0.3, -0.25) is 10.1 Å². The molecule has 4 heteroatoms. The van der Waals surface area contributed by atoms with Gasteiger partial charge in [-0.15, -0.1) is 0 Å². The summed E-state index contributed by atoms with van der Waals surface area (Å²) in [6.07, 6.45) is 0. The molecule has 3 aromatic carbocycles. The van der Waals surface area contributed by atoms with Gasteiger partial charge in [0.25, 0.3) is 0 Å². The van der Waals surface area contributed by atoms with Crippen LogP contribution in [0.15, 0.2) is 84.9 Å². The van der Waals surface area contributed by atoms with Crippen molar-refractivity contribution in [3.8, 4) is 5.75 Å².